The highest BCUT2D eigenvalue weighted by molar-refractivity contribution is 5.98. The largest absolute Gasteiger partial charge is 0.508 e. The fourth-order valence-corrected chi connectivity index (χ4v) is 3.74. The van der Waals surface area contributed by atoms with E-state index in [1.807, 2.05) is 0 Å². The van der Waals surface area contributed by atoms with E-state index in [0.717, 1.165) is 12.8 Å². The molecule has 1 aromatic rings. The highest BCUT2D eigenvalue weighted by Gasteiger charge is 2.47. The van der Waals surface area contributed by atoms with Gasteiger partial charge in [0.1, 0.15) is 5.75 Å². The van der Waals surface area contributed by atoms with Crippen molar-refractivity contribution < 1.29 is 9.90 Å². The molecule has 0 radical (unpaired) electrons. The molecule has 3 atom stereocenters. The monoisotopic (exact) mass is 259 g/mol. The van der Waals surface area contributed by atoms with Gasteiger partial charge in [-0.25, -0.2) is 0 Å². The lowest BCUT2D eigenvalue weighted by Crippen LogP contribution is -2.53. The lowest BCUT2D eigenvalue weighted by atomic mass is 9.76. The summed E-state index contributed by atoms with van der Waals surface area (Å²) in [6, 6.07) is 7.23. The van der Waals surface area contributed by atoms with Gasteiger partial charge in [0.25, 0.3) is 0 Å². The number of phenols is 1. The van der Waals surface area contributed by atoms with Crippen LogP contribution in [0.5, 0.6) is 5.75 Å². The van der Waals surface area contributed by atoms with E-state index in [1.54, 1.807) is 24.3 Å². The fraction of sp³-hybridized carbons (Fsp3) is 0.562. The number of phenolic OH excluding ortho intramolecular Hbond substituents is 1. The zero-order valence-electron chi connectivity index (χ0n) is 11.4. The van der Waals surface area contributed by atoms with Crippen molar-refractivity contribution in [3.05, 3.63) is 29.8 Å². The van der Waals surface area contributed by atoms with E-state index in [4.69, 9.17) is 0 Å². The van der Waals surface area contributed by atoms with Crippen LogP contribution in [0.3, 0.4) is 0 Å². The molecule has 0 amide bonds. The summed E-state index contributed by atoms with van der Waals surface area (Å²) in [6.07, 6.45) is 5.90. The number of nitrogens with one attached hydrogen (secondary N) is 1. The molecule has 2 bridgehead atoms. The van der Waals surface area contributed by atoms with E-state index in [2.05, 4.69) is 12.2 Å². The molecular formula is C16H21NO2. The summed E-state index contributed by atoms with van der Waals surface area (Å²) >= 11 is 0. The molecule has 0 saturated carbocycles. The van der Waals surface area contributed by atoms with Crippen LogP contribution in [0.25, 0.3) is 0 Å². The first-order chi connectivity index (χ1) is 9.11. The summed E-state index contributed by atoms with van der Waals surface area (Å²) in [7, 11) is 0. The first-order valence-corrected chi connectivity index (χ1v) is 7.22. The predicted molar refractivity (Wildman–Crippen MR) is 74.3 cm³/mol. The van der Waals surface area contributed by atoms with Crippen molar-refractivity contribution in [3.63, 3.8) is 0 Å². The van der Waals surface area contributed by atoms with Gasteiger partial charge in [-0.05, 0) is 49.9 Å². The van der Waals surface area contributed by atoms with Gasteiger partial charge in [0.2, 0.25) is 0 Å². The number of carbonyl (C=O) groups is 1. The second-order valence-electron chi connectivity index (χ2n) is 6.06. The van der Waals surface area contributed by atoms with Gasteiger partial charge >= 0.3 is 0 Å². The van der Waals surface area contributed by atoms with Gasteiger partial charge in [-0.15, -0.1) is 0 Å². The van der Waals surface area contributed by atoms with Gasteiger partial charge in [0.15, 0.2) is 5.78 Å². The standard InChI is InChI=1S/C16H21NO2/c1-11(15(19)12-4-6-14(18)7-5-12)16-9-2-3-13(17-16)8-10-16/h4-7,11,13,17-18H,2-3,8-10H2,1H3. The summed E-state index contributed by atoms with van der Waals surface area (Å²) < 4.78 is 0. The SMILES string of the molecule is CC(C(=O)c1ccc(O)cc1)C12CCCC(CC1)N2. The maximum Gasteiger partial charge on any atom is 0.167 e. The molecule has 1 aromatic carbocycles. The summed E-state index contributed by atoms with van der Waals surface area (Å²) in [5.74, 6) is 0.400. The molecule has 3 nitrogen and oxygen atoms in total. The molecule has 2 aliphatic heterocycles. The van der Waals surface area contributed by atoms with E-state index in [-0.39, 0.29) is 23.0 Å². The molecule has 3 unspecified atom stereocenters. The number of carbonyl (C=O) groups excluding carboxylic acids is 1. The van der Waals surface area contributed by atoms with Crippen molar-refractivity contribution in [2.45, 2.75) is 50.6 Å². The topological polar surface area (TPSA) is 49.3 Å². The Labute approximate surface area is 114 Å². The number of piperidine rings is 1. The lowest BCUT2D eigenvalue weighted by molar-refractivity contribution is 0.0815. The quantitative estimate of drug-likeness (QED) is 0.821. The van der Waals surface area contributed by atoms with E-state index >= 15 is 0 Å². The molecule has 19 heavy (non-hydrogen) atoms. The molecule has 0 aromatic heterocycles. The number of fused-ring (bicyclic) bond motifs is 2. The maximum absolute atomic E-state index is 12.6. The molecule has 2 aliphatic rings. The molecule has 2 saturated heterocycles. The van der Waals surface area contributed by atoms with Crippen LogP contribution < -0.4 is 5.32 Å². The van der Waals surface area contributed by atoms with Crippen molar-refractivity contribution in [2.75, 3.05) is 0 Å². The van der Waals surface area contributed by atoms with Gasteiger partial charge in [-0.3, -0.25) is 4.79 Å². The zero-order valence-corrected chi connectivity index (χ0v) is 11.4. The van der Waals surface area contributed by atoms with Crippen LogP contribution in [0.1, 0.15) is 49.4 Å². The number of aromatic hydroxyl groups is 1. The minimum Gasteiger partial charge on any atom is -0.508 e. The number of hydrogen-bond acceptors (Lipinski definition) is 3. The summed E-state index contributed by atoms with van der Waals surface area (Å²) in [5, 5.41) is 13.0. The molecule has 0 spiro atoms. The van der Waals surface area contributed by atoms with Crippen molar-refractivity contribution in [1.29, 1.82) is 0 Å². The lowest BCUT2D eigenvalue weighted by Gasteiger charge is -2.39. The molecule has 3 rings (SSSR count). The number of hydrogen-bond donors (Lipinski definition) is 2. The van der Waals surface area contributed by atoms with Gasteiger partial charge in [-0.2, -0.15) is 0 Å². The van der Waals surface area contributed by atoms with Crippen LogP contribution in [0, 0.1) is 5.92 Å². The highest BCUT2D eigenvalue weighted by atomic mass is 16.3. The Morgan fingerprint density at radius 1 is 1.32 bits per heavy atom. The zero-order chi connectivity index (χ0) is 13.5. The molecule has 102 valence electrons. The molecule has 2 N–H and O–H groups in total. The van der Waals surface area contributed by atoms with E-state index in [9.17, 15) is 9.90 Å². The van der Waals surface area contributed by atoms with Gasteiger partial charge in [0, 0.05) is 23.1 Å². The Bertz CT molecular complexity index is 478. The Hall–Kier alpha value is -1.35. The second-order valence-corrected chi connectivity index (χ2v) is 6.06. The Balaban J connectivity index is 1.81. The van der Waals surface area contributed by atoms with Crippen LogP contribution in [0.15, 0.2) is 24.3 Å². The Kier molecular flexibility index (Phi) is 3.09. The summed E-state index contributed by atoms with van der Waals surface area (Å²) in [4.78, 5) is 12.6. The highest BCUT2D eigenvalue weighted by Crippen LogP contribution is 2.41. The summed E-state index contributed by atoms with van der Waals surface area (Å²) in [6.45, 7) is 2.05. The average Bonchev–Trinajstić information content (AvgIpc) is 2.74. The van der Waals surface area contributed by atoms with Gasteiger partial charge in [0.05, 0.1) is 0 Å². The maximum atomic E-state index is 12.6. The van der Waals surface area contributed by atoms with Crippen molar-refractivity contribution in [2.24, 2.45) is 5.92 Å². The van der Waals surface area contributed by atoms with Crippen LogP contribution in [0.4, 0.5) is 0 Å². The molecule has 2 fully saturated rings. The van der Waals surface area contributed by atoms with E-state index in [0.29, 0.717) is 11.6 Å². The predicted octanol–water partition coefficient (Wildman–Crippen LogP) is 2.89. The number of Topliss-reactive ketones (excluding diaryl/α,β-unsaturated/α-hetero) is 1. The van der Waals surface area contributed by atoms with Crippen molar-refractivity contribution >= 4 is 5.78 Å². The summed E-state index contributed by atoms with van der Waals surface area (Å²) in [5.41, 5.74) is 0.716. The number of benzene rings is 1. The first-order valence-electron chi connectivity index (χ1n) is 7.22. The van der Waals surface area contributed by atoms with E-state index < -0.39 is 0 Å². The normalized spacial score (nSPS) is 31.1. The van der Waals surface area contributed by atoms with Crippen LogP contribution in [-0.4, -0.2) is 22.5 Å². The minimum atomic E-state index is 0.00217. The van der Waals surface area contributed by atoms with E-state index in [1.165, 1.54) is 19.3 Å². The number of ketones is 1. The van der Waals surface area contributed by atoms with Crippen LogP contribution >= 0.6 is 0 Å². The molecule has 2 heterocycles. The molecule has 3 heteroatoms. The molecular weight excluding hydrogens is 238 g/mol. The second kappa shape index (κ2) is 4.64. The van der Waals surface area contributed by atoms with Crippen LogP contribution in [-0.2, 0) is 0 Å². The van der Waals surface area contributed by atoms with Gasteiger partial charge < -0.3 is 10.4 Å². The smallest absolute Gasteiger partial charge is 0.167 e. The molecule has 0 aliphatic carbocycles. The number of rotatable bonds is 3. The fourth-order valence-electron chi connectivity index (χ4n) is 3.74. The van der Waals surface area contributed by atoms with Gasteiger partial charge in [-0.1, -0.05) is 13.3 Å². The van der Waals surface area contributed by atoms with Crippen molar-refractivity contribution in [1.82, 2.24) is 5.32 Å². The minimum absolute atomic E-state index is 0.00217. The average molecular weight is 259 g/mol. The first kappa shape index (κ1) is 12.7. The van der Waals surface area contributed by atoms with Crippen LogP contribution in [0.2, 0.25) is 0 Å². The third kappa shape index (κ3) is 2.16. The van der Waals surface area contributed by atoms with Crippen molar-refractivity contribution in [3.8, 4) is 5.75 Å². The third-order valence-corrected chi connectivity index (χ3v) is 4.98. The Morgan fingerprint density at radius 2 is 2.05 bits per heavy atom. The Morgan fingerprint density at radius 3 is 2.79 bits per heavy atom. The third-order valence-electron chi connectivity index (χ3n) is 4.98.